The van der Waals surface area contributed by atoms with Gasteiger partial charge in [-0.15, -0.1) is 11.8 Å². The monoisotopic (exact) mass is 270 g/mol. The lowest BCUT2D eigenvalue weighted by Crippen LogP contribution is -1.86. The van der Waals surface area contributed by atoms with Gasteiger partial charge in [-0.1, -0.05) is 29.8 Å². The van der Waals surface area contributed by atoms with E-state index in [1.807, 2.05) is 0 Å². The Balaban J connectivity index is 2.10. The fourth-order valence-electron chi connectivity index (χ4n) is 1.39. The van der Waals surface area contributed by atoms with E-state index >= 15 is 0 Å². The lowest BCUT2D eigenvalue weighted by atomic mass is 10.2. The van der Waals surface area contributed by atoms with Gasteiger partial charge in [-0.3, -0.25) is 0 Å². The maximum absolute atomic E-state index is 13.3. The van der Waals surface area contributed by atoms with Gasteiger partial charge in [0.05, 0.1) is 0 Å². The Hall–Kier alpha value is -1.06. The lowest BCUT2D eigenvalue weighted by molar-refractivity contribution is 0.617. The molecule has 0 amide bonds. The summed E-state index contributed by atoms with van der Waals surface area (Å²) in [5, 5.41) is 0.348. The van der Waals surface area contributed by atoms with Crippen molar-refractivity contribution in [3.05, 3.63) is 64.7 Å². The van der Waals surface area contributed by atoms with Gasteiger partial charge in [0.1, 0.15) is 11.6 Å². The van der Waals surface area contributed by atoms with Crippen LogP contribution >= 0.6 is 23.4 Å². The first-order valence-corrected chi connectivity index (χ1v) is 6.34. The highest BCUT2D eigenvalue weighted by molar-refractivity contribution is 7.98. The average Bonchev–Trinajstić information content (AvgIpc) is 2.27. The zero-order chi connectivity index (χ0) is 12.3. The number of hydrogen-bond donors (Lipinski definition) is 0. The number of hydrogen-bond acceptors (Lipinski definition) is 1. The molecule has 0 atom stereocenters. The van der Waals surface area contributed by atoms with Gasteiger partial charge in [0, 0.05) is 15.7 Å². The van der Waals surface area contributed by atoms with Gasteiger partial charge in [-0.25, -0.2) is 8.78 Å². The van der Waals surface area contributed by atoms with Crippen molar-refractivity contribution in [1.82, 2.24) is 0 Å². The van der Waals surface area contributed by atoms with Crippen LogP contribution in [-0.4, -0.2) is 0 Å². The molecule has 0 fully saturated rings. The number of halogens is 3. The van der Waals surface area contributed by atoms with Gasteiger partial charge in [0.15, 0.2) is 0 Å². The average molecular weight is 271 g/mol. The Morgan fingerprint density at radius 1 is 1.06 bits per heavy atom. The van der Waals surface area contributed by atoms with Crippen molar-refractivity contribution >= 4 is 23.4 Å². The fourth-order valence-corrected chi connectivity index (χ4v) is 2.64. The zero-order valence-electron chi connectivity index (χ0n) is 8.79. The Labute approximate surface area is 108 Å². The molecule has 0 spiro atoms. The third kappa shape index (κ3) is 3.45. The summed E-state index contributed by atoms with van der Waals surface area (Å²) >= 11 is 7.09. The Morgan fingerprint density at radius 3 is 2.53 bits per heavy atom. The summed E-state index contributed by atoms with van der Waals surface area (Å²) in [7, 11) is 0. The summed E-state index contributed by atoms with van der Waals surface area (Å²) in [6.45, 7) is 0. The topological polar surface area (TPSA) is 0 Å². The second kappa shape index (κ2) is 5.52. The van der Waals surface area contributed by atoms with Crippen LogP contribution in [0.3, 0.4) is 0 Å². The zero-order valence-corrected chi connectivity index (χ0v) is 10.4. The quantitative estimate of drug-likeness (QED) is 0.714. The molecule has 88 valence electrons. The van der Waals surface area contributed by atoms with E-state index < -0.39 is 0 Å². The normalized spacial score (nSPS) is 10.5. The van der Waals surface area contributed by atoms with Crippen LogP contribution in [-0.2, 0) is 5.75 Å². The molecule has 2 aromatic rings. The summed E-state index contributed by atoms with van der Waals surface area (Å²) in [4.78, 5) is 0.693. The first-order valence-electron chi connectivity index (χ1n) is 4.97. The van der Waals surface area contributed by atoms with Crippen molar-refractivity contribution in [2.75, 3.05) is 0 Å². The minimum atomic E-state index is -0.381. The maximum Gasteiger partial charge on any atom is 0.127 e. The second-order valence-electron chi connectivity index (χ2n) is 3.49. The van der Waals surface area contributed by atoms with Gasteiger partial charge in [0.2, 0.25) is 0 Å². The van der Waals surface area contributed by atoms with Crippen LogP contribution < -0.4 is 0 Å². The van der Waals surface area contributed by atoms with E-state index in [0.717, 1.165) is 0 Å². The van der Waals surface area contributed by atoms with E-state index in [0.29, 0.717) is 21.2 Å². The molecule has 0 bridgehead atoms. The molecule has 0 radical (unpaired) electrons. The van der Waals surface area contributed by atoms with Crippen molar-refractivity contribution in [1.29, 1.82) is 0 Å². The smallest absolute Gasteiger partial charge is 0.127 e. The van der Waals surface area contributed by atoms with Crippen LogP contribution in [0, 0.1) is 11.6 Å². The summed E-state index contributed by atoms with van der Waals surface area (Å²) in [6.07, 6.45) is 0. The molecular formula is C13H9ClF2S. The Morgan fingerprint density at radius 2 is 1.82 bits per heavy atom. The van der Waals surface area contributed by atoms with Crippen LogP contribution in [0.2, 0.25) is 5.02 Å². The van der Waals surface area contributed by atoms with Gasteiger partial charge < -0.3 is 0 Å². The molecule has 0 aliphatic carbocycles. The second-order valence-corrected chi connectivity index (χ2v) is 4.97. The Bertz CT molecular complexity index is 508. The van der Waals surface area contributed by atoms with E-state index in [2.05, 4.69) is 0 Å². The molecule has 4 heteroatoms. The summed E-state index contributed by atoms with van der Waals surface area (Å²) < 4.78 is 26.4. The largest absolute Gasteiger partial charge is 0.207 e. The molecule has 2 aromatic carbocycles. The minimum absolute atomic E-state index is 0.248. The van der Waals surface area contributed by atoms with Crippen molar-refractivity contribution < 1.29 is 8.78 Å². The van der Waals surface area contributed by atoms with Gasteiger partial charge in [-0.05, 0) is 29.8 Å². The fraction of sp³-hybridized carbons (Fsp3) is 0.0769. The van der Waals surface area contributed by atoms with Crippen LogP contribution in [0.25, 0.3) is 0 Å². The lowest BCUT2D eigenvalue weighted by Gasteiger charge is -2.04. The molecule has 0 nitrogen and oxygen atoms in total. The van der Waals surface area contributed by atoms with Crippen LogP contribution in [0.1, 0.15) is 5.56 Å². The third-order valence-corrected chi connectivity index (χ3v) is 3.43. The van der Waals surface area contributed by atoms with E-state index in [-0.39, 0.29) is 11.6 Å². The maximum atomic E-state index is 13.3. The van der Waals surface area contributed by atoms with E-state index in [1.165, 1.54) is 30.0 Å². The highest BCUT2D eigenvalue weighted by Crippen LogP contribution is 2.27. The van der Waals surface area contributed by atoms with E-state index in [9.17, 15) is 8.78 Å². The van der Waals surface area contributed by atoms with Crippen LogP contribution in [0.15, 0.2) is 47.4 Å². The van der Waals surface area contributed by atoms with E-state index in [4.69, 9.17) is 11.6 Å². The molecule has 2 rings (SSSR count). The van der Waals surface area contributed by atoms with Crippen LogP contribution in [0.4, 0.5) is 8.78 Å². The summed E-state index contributed by atoms with van der Waals surface area (Å²) in [5.41, 5.74) is 0.595. The molecule has 0 heterocycles. The standard InChI is InChI=1S/C13H9ClF2S/c14-10-5-11(15)7-12(6-10)17-8-9-3-1-2-4-13(9)16/h1-7H,8H2. The molecule has 17 heavy (non-hydrogen) atoms. The van der Waals surface area contributed by atoms with Gasteiger partial charge >= 0.3 is 0 Å². The van der Waals surface area contributed by atoms with Crippen molar-refractivity contribution in [3.8, 4) is 0 Å². The number of rotatable bonds is 3. The first kappa shape index (κ1) is 12.4. The number of benzene rings is 2. The molecule has 0 unspecified atom stereocenters. The molecule has 0 saturated carbocycles. The van der Waals surface area contributed by atoms with Crippen LogP contribution in [0.5, 0.6) is 0 Å². The van der Waals surface area contributed by atoms with Crippen molar-refractivity contribution in [2.24, 2.45) is 0 Å². The highest BCUT2D eigenvalue weighted by atomic mass is 35.5. The molecule has 0 aromatic heterocycles. The SMILES string of the molecule is Fc1cc(Cl)cc(SCc2ccccc2F)c1. The molecule has 0 aliphatic rings. The predicted octanol–water partition coefficient (Wildman–Crippen LogP) is 4.91. The predicted molar refractivity (Wildman–Crippen MR) is 67.4 cm³/mol. The third-order valence-electron chi connectivity index (χ3n) is 2.19. The van der Waals surface area contributed by atoms with E-state index in [1.54, 1.807) is 24.3 Å². The Kier molecular flexibility index (Phi) is 4.02. The number of thioether (sulfide) groups is 1. The molecule has 0 saturated heterocycles. The van der Waals surface area contributed by atoms with Gasteiger partial charge in [0.25, 0.3) is 0 Å². The van der Waals surface area contributed by atoms with Gasteiger partial charge in [-0.2, -0.15) is 0 Å². The van der Waals surface area contributed by atoms with Crippen molar-refractivity contribution in [2.45, 2.75) is 10.6 Å². The summed E-state index contributed by atoms with van der Waals surface area (Å²) in [6, 6.07) is 10.8. The molecule has 0 aliphatic heterocycles. The minimum Gasteiger partial charge on any atom is -0.207 e. The molecular weight excluding hydrogens is 262 g/mol. The summed E-state index contributed by atoms with van der Waals surface area (Å²) in [5.74, 6) is -0.178. The molecule has 0 N–H and O–H groups in total. The highest BCUT2D eigenvalue weighted by Gasteiger charge is 2.04. The first-order chi connectivity index (χ1) is 8.15. The van der Waals surface area contributed by atoms with Crippen molar-refractivity contribution in [3.63, 3.8) is 0 Å².